The second kappa shape index (κ2) is 15.2. The summed E-state index contributed by atoms with van der Waals surface area (Å²) in [5.74, 6) is -2.00. The summed E-state index contributed by atoms with van der Waals surface area (Å²) in [5, 5.41) is 63.4. The molecule has 1 aromatic heterocycles. The second-order valence-electron chi connectivity index (χ2n) is 10.1. The monoisotopic (exact) mass is 647 g/mol. The molecule has 2 aliphatic heterocycles. The van der Waals surface area contributed by atoms with Gasteiger partial charge in [-0.1, -0.05) is 0 Å². The van der Waals surface area contributed by atoms with Crippen LogP contribution in [-0.4, -0.2) is 126 Å². The van der Waals surface area contributed by atoms with E-state index in [0.29, 0.717) is 0 Å². The average molecular weight is 648 g/mol. The number of nitrogens with one attached hydrogen (secondary N) is 1. The van der Waals surface area contributed by atoms with Gasteiger partial charge in [0.05, 0.1) is 25.4 Å². The predicted octanol–water partition coefficient (Wildman–Crippen LogP) is -9.00. The van der Waals surface area contributed by atoms with Crippen LogP contribution in [0.25, 0.3) is 0 Å². The van der Waals surface area contributed by atoms with Crippen LogP contribution in [0.3, 0.4) is 0 Å². The van der Waals surface area contributed by atoms with Crippen molar-refractivity contribution in [3.63, 3.8) is 0 Å². The summed E-state index contributed by atoms with van der Waals surface area (Å²) in [7, 11) is -4.89. The largest absolute Gasteiger partial charge is 1.00 e. The number of aliphatic hydroxyl groups is 6. The molecule has 2 amide bonds. The van der Waals surface area contributed by atoms with Crippen molar-refractivity contribution in [2.45, 2.75) is 80.4 Å². The Kier molecular flexibility index (Phi) is 13.3. The molecule has 21 heteroatoms. The van der Waals surface area contributed by atoms with Gasteiger partial charge in [-0.15, -0.1) is 0 Å². The topological polar surface area (TPSA) is 322 Å². The molecule has 11 atom stereocenters. The molecule has 1 unspecified atom stereocenters. The van der Waals surface area contributed by atoms with E-state index in [0.717, 1.165) is 17.7 Å². The van der Waals surface area contributed by atoms with Crippen LogP contribution in [0.15, 0.2) is 17.1 Å². The van der Waals surface area contributed by atoms with Gasteiger partial charge in [0.25, 0.3) is 0 Å². The van der Waals surface area contributed by atoms with Gasteiger partial charge in [0.2, 0.25) is 11.8 Å². The van der Waals surface area contributed by atoms with Crippen LogP contribution >= 0.6 is 7.60 Å². The number of carbonyl (C=O) groups is 2. The normalized spacial score (nSPS) is 33.5. The number of aromatic nitrogens is 2. The summed E-state index contributed by atoms with van der Waals surface area (Å²) in [6.07, 6.45) is -14.4. The molecule has 0 bridgehead atoms. The maximum absolute atomic E-state index is 12.8. The minimum atomic E-state index is -4.89. The Morgan fingerprint density at radius 1 is 1.33 bits per heavy atom. The van der Waals surface area contributed by atoms with Crippen LogP contribution in [0, 0.1) is 0 Å². The van der Waals surface area contributed by atoms with Gasteiger partial charge < -0.3 is 70.9 Å². The van der Waals surface area contributed by atoms with Gasteiger partial charge in [0, 0.05) is 25.7 Å². The maximum atomic E-state index is 12.8. The Morgan fingerprint density at radius 3 is 2.53 bits per heavy atom. The van der Waals surface area contributed by atoms with Crippen molar-refractivity contribution < 1.29 is 93.2 Å². The molecule has 3 heterocycles. The fourth-order valence-electron chi connectivity index (χ4n) is 4.82. The molecule has 19 nitrogen and oxygen atoms in total. The van der Waals surface area contributed by atoms with Crippen LogP contribution in [0.1, 0.15) is 26.0 Å². The van der Waals surface area contributed by atoms with E-state index in [1.54, 1.807) is 0 Å². The van der Waals surface area contributed by atoms with Crippen molar-refractivity contribution in [2.75, 3.05) is 25.1 Å². The third-order valence-corrected chi connectivity index (χ3v) is 8.41. The standard InChI is InChI=1S/C22H36N5O14P.Na/c1-9(29)25-14-10(30)6-22(20(24)35,41-18(14)15(32)11(31)7-28)3-5-42(37,38)39-8-12-16(33)17(34)19(40-12)27-4-2-13(23)26-21(27)36;/h2,4,10-12,14-19,28,30-34H,3,5-8H2,1H3,(H2,24,35)(H,25,29)(H,37,38)(H2,23,26,36);/q;+1/p-1/t10-,11+,12+,14+,15+,16+,17+,18+,19+,22-;/m0./s1. The predicted molar refractivity (Wildman–Crippen MR) is 136 cm³/mol. The number of anilines is 1. The van der Waals surface area contributed by atoms with Gasteiger partial charge in [-0.2, -0.15) is 4.98 Å². The van der Waals surface area contributed by atoms with Crippen LogP contribution in [0.4, 0.5) is 5.82 Å². The number of nitrogens with two attached hydrogens (primary N) is 2. The zero-order chi connectivity index (χ0) is 31.6. The van der Waals surface area contributed by atoms with Crippen LogP contribution in [0.5, 0.6) is 0 Å². The third kappa shape index (κ3) is 8.80. The zero-order valence-corrected chi connectivity index (χ0v) is 26.2. The van der Waals surface area contributed by atoms with Gasteiger partial charge in [-0.25, -0.2) is 4.79 Å². The SMILES string of the molecule is CC(=O)N[C@H]1[C@H]([C@H](O)[C@H](O)CO)O[C@](CCP(=O)([O-])OC[C@H]2O[C@@H](n3ccc(N)nc3=O)[C@H](O)[C@@H]2O)(C(N)=O)C[C@@H]1O.[Na+]. The molecule has 2 fully saturated rings. The van der Waals surface area contributed by atoms with E-state index in [4.69, 9.17) is 25.5 Å². The number of hydrogen-bond acceptors (Lipinski definition) is 16. The fourth-order valence-corrected chi connectivity index (χ4v) is 5.95. The minimum Gasteiger partial charge on any atom is -0.778 e. The van der Waals surface area contributed by atoms with Crippen molar-refractivity contribution in [1.82, 2.24) is 14.9 Å². The molecule has 2 saturated heterocycles. The first-order chi connectivity index (χ1) is 19.5. The first-order valence-electron chi connectivity index (χ1n) is 12.7. The average Bonchev–Trinajstić information content (AvgIpc) is 3.19. The Hall–Kier alpha value is -1.55. The van der Waals surface area contributed by atoms with Crippen molar-refractivity contribution >= 4 is 25.2 Å². The Balaban J connectivity index is 0.00000645. The van der Waals surface area contributed by atoms with Crippen molar-refractivity contribution in [3.8, 4) is 0 Å². The molecule has 3 rings (SSSR count). The molecule has 0 radical (unpaired) electrons. The quantitative estimate of drug-likeness (QED) is 0.0751. The Labute approximate surface area is 266 Å². The molecule has 0 aromatic carbocycles. The van der Waals surface area contributed by atoms with Gasteiger partial charge in [-0.05, 0) is 12.5 Å². The molecule has 2 aliphatic rings. The minimum absolute atomic E-state index is 0. The van der Waals surface area contributed by atoms with E-state index in [1.165, 1.54) is 6.07 Å². The first-order valence-corrected chi connectivity index (χ1v) is 14.5. The molecule has 1 aromatic rings. The second-order valence-corrected chi connectivity index (χ2v) is 12.1. The van der Waals surface area contributed by atoms with E-state index in [2.05, 4.69) is 10.3 Å². The number of ether oxygens (including phenoxy) is 2. The number of rotatable bonds is 12. The number of primary amides is 1. The van der Waals surface area contributed by atoms with Crippen LogP contribution in [-0.2, 0) is 28.2 Å². The number of amides is 2. The van der Waals surface area contributed by atoms with Crippen molar-refractivity contribution in [2.24, 2.45) is 5.73 Å². The molecule has 0 saturated carbocycles. The maximum Gasteiger partial charge on any atom is 1.00 e. The van der Waals surface area contributed by atoms with Crippen molar-refractivity contribution in [1.29, 1.82) is 0 Å². The number of carbonyl (C=O) groups excluding carboxylic acids is 2. The number of hydrogen-bond donors (Lipinski definition) is 9. The molecule has 0 aliphatic carbocycles. The summed E-state index contributed by atoms with van der Waals surface area (Å²) >= 11 is 0. The Morgan fingerprint density at radius 2 is 1.98 bits per heavy atom. The number of nitrogens with zero attached hydrogens (tertiary/aromatic N) is 2. The summed E-state index contributed by atoms with van der Waals surface area (Å²) in [5.41, 5.74) is 7.80. The van der Waals surface area contributed by atoms with E-state index in [9.17, 15) is 54.5 Å². The van der Waals surface area contributed by atoms with Gasteiger partial charge in [0.15, 0.2) is 6.23 Å². The summed E-state index contributed by atoms with van der Waals surface area (Å²) in [4.78, 5) is 52.5. The van der Waals surface area contributed by atoms with E-state index >= 15 is 0 Å². The van der Waals surface area contributed by atoms with Crippen LogP contribution in [0.2, 0.25) is 0 Å². The number of aliphatic hydroxyl groups excluding tert-OH is 6. The smallest absolute Gasteiger partial charge is 0.778 e. The summed E-state index contributed by atoms with van der Waals surface area (Å²) in [6.45, 7) is -0.670. The number of nitrogen functional groups attached to an aromatic ring is 1. The Bertz CT molecular complexity index is 1240. The molecular weight excluding hydrogens is 612 g/mol. The molecule has 0 spiro atoms. The summed E-state index contributed by atoms with van der Waals surface area (Å²) in [6, 6.07) is -0.129. The molecule has 11 N–H and O–H groups in total. The first kappa shape index (κ1) is 37.6. The summed E-state index contributed by atoms with van der Waals surface area (Å²) < 4.78 is 29.6. The van der Waals surface area contributed by atoms with E-state index in [-0.39, 0.29) is 35.4 Å². The fraction of sp³-hybridized carbons (Fsp3) is 0.727. The molecule has 43 heavy (non-hydrogen) atoms. The van der Waals surface area contributed by atoms with Gasteiger partial charge in [0.1, 0.15) is 55.6 Å². The van der Waals surface area contributed by atoms with Crippen molar-refractivity contribution in [3.05, 3.63) is 22.7 Å². The third-order valence-electron chi connectivity index (χ3n) is 7.09. The molecule has 238 valence electrons. The van der Waals surface area contributed by atoms with E-state index < -0.39 is 118 Å². The van der Waals surface area contributed by atoms with Gasteiger partial charge >= 0.3 is 35.2 Å². The van der Waals surface area contributed by atoms with Gasteiger partial charge in [-0.3, -0.25) is 14.2 Å². The molecular formula is C22H35N5NaO14P. The zero-order valence-electron chi connectivity index (χ0n) is 23.3. The van der Waals surface area contributed by atoms with Crippen LogP contribution < -0.4 is 56.9 Å². The van der Waals surface area contributed by atoms with E-state index in [1.807, 2.05) is 0 Å².